The number of alkyl carbamates (subject to hydrolysis) is 1. The van der Waals surface area contributed by atoms with Gasteiger partial charge in [0.15, 0.2) is 0 Å². The summed E-state index contributed by atoms with van der Waals surface area (Å²) in [5.74, 6) is -0.842. The van der Waals surface area contributed by atoms with Crippen LogP contribution in [0.3, 0.4) is 0 Å². The zero-order valence-electron chi connectivity index (χ0n) is 17.0. The Morgan fingerprint density at radius 1 is 1.04 bits per heavy atom. The van der Waals surface area contributed by atoms with Gasteiger partial charge in [0.1, 0.15) is 5.60 Å². The normalized spacial score (nSPS) is 13.5. The number of nitrogens with one attached hydrogen (secondary N) is 3. The number of ether oxygens (including phenoxy) is 1. The lowest BCUT2D eigenvalue weighted by Gasteiger charge is -2.32. The predicted octanol–water partition coefficient (Wildman–Crippen LogP) is 2.12. The van der Waals surface area contributed by atoms with E-state index in [2.05, 4.69) is 14.9 Å². The van der Waals surface area contributed by atoms with Gasteiger partial charge in [0.25, 0.3) is 0 Å². The topological polar surface area (TPSA) is 123 Å². The lowest BCUT2D eigenvalue weighted by atomic mass is 9.87. The van der Waals surface area contributed by atoms with Gasteiger partial charge in [-0.05, 0) is 43.2 Å². The molecule has 3 N–H and O–H groups in total. The predicted molar refractivity (Wildman–Crippen MR) is 105 cm³/mol. The second kappa shape index (κ2) is 9.35. The van der Waals surface area contributed by atoms with Crippen molar-refractivity contribution in [1.82, 2.24) is 14.9 Å². The molecule has 0 saturated carbocycles. The molecule has 0 aliphatic rings. The molecule has 1 aromatic rings. The molecule has 0 aliphatic heterocycles. The van der Waals surface area contributed by atoms with E-state index in [1.54, 1.807) is 43.9 Å². The van der Waals surface area contributed by atoms with Gasteiger partial charge < -0.3 is 14.9 Å². The van der Waals surface area contributed by atoms with Gasteiger partial charge in [-0.25, -0.2) is 9.59 Å². The standard InChI is InChI=1S/C18H29N3O6S/c1-17(2,3)14(20-16(23)26-18(4,5)6)12-19-28(24,25)21-27-15(22)13-10-8-7-9-11-13/h7-11,14,19,21H,12H2,1-6H3,(H,20,23)/t14-/m1/s1. The van der Waals surface area contributed by atoms with Gasteiger partial charge in [-0.2, -0.15) is 13.1 Å². The summed E-state index contributed by atoms with van der Waals surface area (Å²) in [5, 5.41) is 2.65. The van der Waals surface area contributed by atoms with E-state index in [1.807, 2.05) is 20.8 Å². The van der Waals surface area contributed by atoms with Crippen molar-refractivity contribution in [2.75, 3.05) is 6.54 Å². The molecule has 0 spiro atoms. The Bertz CT molecular complexity index is 767. The molecular formula is C18H29N3O6S. The number of benzene rings is 1. The summed E-state index contributed by atoms with van der Waals surface area (Å²) in [6.45, 7) is 10.6. The van der Waals surface area contributed by atoms with Crippen molar-refractivity contribution >= 4 is 22.3 Å². The molecule has 0 unspecified atom stereocenters. The lowest BCUT2D eigenvalue weighted by Crippen LogP contribution is -2.53. The molecule has 10 heteroatoms. The van der Waals surface area contributed by atoms with Gasteiger partial charge in [-0.1, -0.05) is 39.0 Å². The van der Waals surface area contributed by atoms with Gasteiger partial charge in [0, 0.05) is 6.54 Å². The van der Waals surface area contributed by atoms with E-state index < -0.39 is 39.3 Å². The molecule has 1 rings (SSSR count). The fourth-order valence-electron chi connectivity index (χ4n) is 1.97. The lowest BCUT2D eigenvalue weighted by molar-refractivity contribution is 0.0405. The highest BCUT2D eigenvalue weighted by molar-refractivity contribution is 7.87. The van der Waals surface area contributed by atoms with Crippen molar-refractivity contribution in [3.63, 3.8) is 0 Å². The van der Waals surface area contributed by atoms with Crippen LogP contribution in [0.25, 0.3) is 0 Å². The van der Waals surface area contributed by atoms with Crippen LogP contribution in [0.5, 0.6) is 0 Å². The average molecular weight is 416 g/mol. The third-order valence-corrected chi connectivity index (χ3v) is 4.32. The summed E-state index contributed by atoms with van der Waals surface area (Å²) in [7, 11) is -4.15. The van der Waals surface area contributed by atoms with Gasteiger partial charge in [-0.15, -0.1) is 0 Å². The first-order chi connectivity index (χ1) is 12.7. The summed E-state index contributed by atoms with van der Waals surface area (Å²) in [5.41, 5.74) is -0.955. The van der Waals surface area contributed by atoms with Gasteiger partial charge in [0.05, 0.1) is 11.6 Å². The maximum atomic E-state index is 12.1. The molecule has 9 nitrogen and oxygen atoms in total. The molecule has 0 aromatic heterocycles. The first-order valence-corrected chi connectivity index (χ1v) is 10.2. The van der Waals surface area contributed by atoms with Crippen molar-refractivity contribution in [2.24, 2.45) is 5.41 Å². The molecular weight excluding hydrogens is 386 g/mol. The Hall–Kier alpha value is -2.17. The smallest absolute Gasteiger partial charge is 0.407 e. The first kappa shape index (κ1) is 23.9. The Morgan fingerprint density at radius 3 is 2.11 bits per heavy atom. The summed E-state index contributed by atoms with van der Waals surface area (Å²) >= 11 is 0. The Kier molecular flexibility index (Phi) is 7.97. The SMILES string of the molecule is CC(C)(C)OC(=O)N[C@H](CNS(=O)(=O)NOC(=O)c1ccccc1)C(C)(C)C. The largest absolute Gasteiger partial charge is 0.444 e. The summed E-state index contributed by atoms with van der Waals surface area (Å²) in [4.78, 5) is 30.2. The number of carbonyl (C=O) groups excluding carboxylic acids is 2. The van der Waals surface area contributed by atoms with Crippen molar-refractivity contribution in [3.05, 3.63) is 35.9 Å². The summed E-state index contributed by atoms with van der Waals surface area (Å²) < 4.78 is 31.6. The van der Waals surface area contributed by atoms with Crippen molar-refractivity contribution < 1.29 is 27.6 Å². The van der Waals surface area contributed by atoms with Crippen LogP contribution < -0.4 is 14.9 Å². The molecule has 0 heterocycles. The van der Waals surface area contributed by atoms with E-state index in [9.17, 15) is 18.0 Å². The molecule has 1 amide bonds. The summed E-state index contributed by atoms with van der Waals surface area (Å²) in [6.07, 6.45) is -0.657. The van der Waals surface area contributed by atoms with Crippen molar-refractivity contribution in [2.45, 2.75) is 53.2 Å². The molecule has 0 bridgehead atoms. The van der Waals surface area contributed by atoms with Crippen LogP contribution in [0.15, 0.2) is 30.3 Å². The molecule has 1 atom stereocenters. The fraction of sp³-hybridized carbons (Fsp3) is 0.556. The van der Waals surface area contributed by atoms with E-state index in [0.717, 1.165) is 0 Å². The zero-order chi connectivity index (χ0) is 21.6. The highest BCUT2D eigenvalue weighted by Crippen LogP contribution is 2.19. The van der Waals surface area contributed by atoms with E-state index in [-0.39, 0.29) is 12.1 Å². The molecule has 0 radical (unpaired) electrons. The van der Waals surface area contributed by atoms with Gasteiger partial charge >= 0.3 is 22.3 Å². The monoisotopic (exact) mass is 415 g/mol. The van der Waals surface area contributed by atoms with Gasteiger partial charge in [0.2, 0.25) is 0 Å². The van der Waals surface area contributed by atoms with Crippen LogP contribution in [-0.4, -0.2) is 38.7 Å². The molecule has 28 heavy (non-hydrogen) atoms. The van der Waals surface area contributed by atoms with Crippen molar-refractivity contribution in [1.29, 1.82) is 0 Å². The number of hydrogen-bond acceptors (Lipinski definition) is 6. The Labute approximate surface area is 166 Å². The van der Waals surface area contributed by atoms with E-state index in [4.69, 9.17) is 4.74 Å². The molecule has 1 aromatic carbocycles. The van der Waals surface area contributed by atoms with E-state index in [1.165, 1.54) is 12.1 Å². The highest BCUT2D eigenvalue weighted by Gasteiger charge is 2.29. The third-order valence-electron chi connectivity index (χ3n) is 3.47. The van der Waals surface area contributed by atoms with Crippen LogP contribution in [-0.2, 0) is 19.8 Å². The summed E-state index contributed by atoms with van der Waals surface area (Å²) in [6, 6.07) is 7.37. The fourth-order valence-corrected chi connectivity index (χ4v) is 2.60. The van der Waals surface area contributed by atoms with Crippen LogP contribution in [0.2, 0.25) is 0 Å². The highest BCUT2D eigenvalue weighted by atomic mass is 32.2. The van der Waals surface area contributed by atoms with Crippen LogP contribution in [0.1, 0.15) is 51.9 Å². The zero-order valence-corrected chi connectivity index (χ0v) is 17.8. The maximum absolute atomic E-state index is 12.1. The van der Waals surface area contributed by atoms with E-state index >= 15 is 0 Å². The Morgan fingerprint density at radius 2 is 1.61 bits per heavy atom. The minimum Gasteiger partial charge on any atom is -0.444 e. The van der Waals surface area contributed by atoms with Crippen LogP contribution >= 0.6 is 0 Å². The Balaban J connectivity index is 2.64. The van der Waals surface area contributed by atoms with Crippen LogP contribution in [0.4, 0.5) is 4.79 Å². The molecule has 0 aliphatic carbocycles. The second-order valence-corrected chi connectivity index (χ2v) is 9.72. The van der Waals surface area contributed by atoms with E-state index in [0.29, 0.717) is 0 Å². The van der Waals surface area contributed by atoms with Crippen molar-refractivity contribution in [3.8, 4) is 0 Å². The first-order valence-electron chi connectivity index (χ1n) is 8.72. The molecule has 158 valence electrons. The maximum Gasteiger partial charge on any atom is 0.407 e. The number of amides is 1. The van der Waals surface area contributed by atoms with Gasteiger partial charge in [-0.3, -0.25) is 0 Å². The quantitative estimate of drug-likeness (QED) is 0.586. The van der Waals surface area contributed by atoms with Crippen LogP contribution in [0, 0.1) is 5.41 Å². The number of rotatable bonds is 7. The third kappa shape index (κ3) is 9.16. The minimum absolute atomic E-state index is 0.138. The average Bonchev–Trinajstić information content (AvgIpc) is 2.54. The molecule has 0 fully saturated rings. The molecule has 0 saturated heterocycles. The second-order valence-electron chi connectivity index (χ2n) is 8.26. The number of hydrogen-bond donors (Lipinski definition) is 3. The minimum atomic E-state index is -4.15. The number of carbonyl (C=O) groups is 2.